The molecule has 0 aliphatic heterocycles. The average Bonchev–Trinajstić information content (AvgIpc) is 2.81. The van der Waals surface area contributed by atoms with Gasteiger partial charge in [0.1, 0.15) is 6.33 Å². The fourth-order valence-corrected chi connectivity index (χ4v) is 3.99. The molecule has 2 nitrogen and oxygen atoms in total. The Hall–Kier alpha value is -3.78. The minimum atomic E-state index is 0.894. The second-order valence-corrected chi connectivity index (χ2v) is 7.47. The summed E-state index contributed by atoms with van der Waals surface area (Å²) < 4.78 is 0. The Morgan fingerprint density at radius 1 is 0.600 bits per heavy atom. The maximum absolute atomic E-state index is 4.49. The van der Waals surface area contributed by atoms with Crippen LogP contribution in [-0.2, 0) is 12.8 Å². The quantitative estimate of drug-likeness (QED) is 0.334. The molecule has 0 amide bonds. The molecule has 0 fully saturated rings. The molecule has 0 bridgehead atoms. The Morgan fingerprint density at radius 2 is 1.30 bits per heavy atom. The van der Waals surface area contributed by atoms with Crippen LogP contribution in [0, 0.1) is 0 Å². The predicted molar refractivity (Wildman–Crippen MR) is 126 cm³/mol. The van der Waals surface area contributed by atoms with Crippen LogP contribution >= 0.6 is 0 Å². The third-order valence-electron chi connectivity index (χ3n) is 5.53. The average molecular weight is 386 g/mol. The van der Waals surface area contributed by atoms with Gasteiger partial charge in [0, 0.05) is 5.69 Å². The van der Waals surface area contributed by atoms with Crippen LogP contribution in [0.5, 0.6) is 0 Å². The number of aryl methyl sites for hydroxylation is 2. The molecule has 144 valence electrons. The summed E-state index contributed by atoms with van der Waals surface area (Å²) in [5, 5.41) is 5.11. The van der Waals surface area contributed by atoms with E-state index in [1.165, 1.54) is 32.7 Å². The zero-order valence-corrected chi connectivity index (χ0v) is 16.7. The summed E-state index contributed by atoms with van der Waals surface area (Å²) in [4.78, 5) is 8.94. The molecule has 0 saturated carbocycles. The molecule has 0 spiro atoms. The second kappa shape index (κ2) is 8.30. The SMILES string of the molecule is C(=Cc1cccc2ccccc12)c1cc(CCc2cccc3ccccc23)ncn1. The van der Waals surface area contributed by atoms with Gasteiger partial charge < -0.3 is 0 Å². The van der Waals surface area contributed by atoms with Crippen LogP contribution in [0.3, 0.4) is 0 Å². The van der Waals surface area contributed by atoms with Gasteiger partial charge in [-0.3, -0.25) is 0 Å². The van der Waals surface area contributed by atoms with Crippen molar-refractivity contribution in [3.63, 3.8) is 0 Å². The van der Waals surface area contributed by atoms with Crippen molar-refractivity contribution in [2.75, 3.05) is 0 Å². The van der Waals surface area contributed by atoms with E-state index in [9.17, 15) is 0 Å². The highest BCUT2D eigenvalue weighted by Crippen LogP contribution is 2.21. The smallest absolute Gasteiger partial charge is 0.116 e. The summed E-state index contributed by atoms with van der Waals surface area (Å²) in [5.41, 5.74) is 4.56. The van der Waals surface area contributed by atoms with Crippen molar-refractivity contribution in [1.29, 1.82) is 0 Å². The summed E-state index contributed by atoms with van der Waals surface area (Å²) >= 11 is 0. The topological polar surface area (TPSA) is 25.8 Å². The first kappa shape index (κ1) is 18.3. The van der Waals surface area contributed by atoms with Crippen LogP contribution in [0.25, 0.3) is 33.7 Å². The van der Waals surface area contributed by atoms with E-state index in [4.69, 9.17) is 0 Å². The molecular weight excluding hydrogens is 364 g/mol. The van der Waals surface area contributed by atoms with Crippen molar-refractivity contribution in [2.24, 2.45) is 0 Å². The summed E-state index contributed by atoms with van der Waals surface area (Å²) in [5.74, 6) is 0. The highest BCUT2D eigenvalue weighted by Gasteiger charge is 2.03. The Morgan fingerprint density at radius 3 is 2.17 bits per heavy atom. The molecule has 0 radical (unpaired) electrons. The molecule has 0 saturated heterocycles. The third-order valence-corrected chi connectivity index (χ3v) is 5.53. The fourth-order valence-electron chi connectivity index (χ4n) is 3.99. The van der Waals surface area contributed by atoms with Crippen LogP contribution < -0.4 is 0 Å². The number of hydrogen-bond acceptors (Lipinski definition) is 2. The van der Waals surface area contributed by atoms with Crippen molar-refractivity contribution < 1.29 is 0 Å². The number of fused-ring (bicyclic) bond motifs is 2. The van der Waals surface area contributed by atoms with Crippen LogP contribution in [-0.4, -0.2) is 9.97 Å². The van der Waals surface area contributed by atoms with Gasteiger partial charge in [0.05, 0.1) is 5.69 Å². The highest BCUT2D eigenvalue weighted by atomic mass is 14.8. The molecule has 1 heterocycles. The fraction of sp³-hybridized carbons (Fsp3) is 0.0714. The maximum atomic E-state index is 4.49. The van der Waals surface area contributed by atoms with Crippen LogP contribution in [0.15, 0.2) is 97.3 Å². The number of aromatic nitrogens is 2. The third kappa shape index (κ3) is 3.85. The molecule has 0 unspecified atom stereocenters. The van der Waals surface area contributed by atoms with Gasteiger partial charge in [0.25, 0.3) is 0 Å². The summed E-state index contributed by atoms with van der Waals surface area (Å²) in [7, 11) is 0. The van der Waals surface area contributed by atoms with Crippen LogP contribution in [0.4, 0.5) is 0 Å². The van der Waals surface area contributed by atoms with Gasteiger partial charge in [0.2, 0.25) is 0 Å². The zero-order chi connectivity index (χ0) is 20.2. The summed E-state index contributed by atoms with van der Waals surface area (Å²) in [6.45, 7) is 0. The van der Waals surface area contributed by atoms with E-state index < -0.39 is 0 Å². The first-order valence-electron chi connectivity index (χ1n) is 10.3. The lowest BCUT2D eigenvalue weighted by atomic mass is 10.00. The number of benzene rings is 4. The molecule has 2 heteroatoms. The number of hydrogen-bond donors (Lipinski definition) is 0. The highest BCUT2D eigenvalue weighted by molar-refractivity contribution is 5.92. The molecular formula is C28H22N2. The Labute approximate surface area is 176 Å². The van der Waals surface area contributed by atoms with Gasteiger partial charge in [-0.25, -0.2) is 9.97 Å². The Kier molecular flexibility index (Phi) is 5.05. The lowest BCUT2D eigenvalue weighted by Crippen LogP contribution is -1.97. The Bertz CT molecular complexity index is 1340. The lowest BCUT2D eigenvalue weighted by Gasteiger charge is -2.07. The molecule has 0 aliphatic rings. The molecule has 0 aliphatic carbocycles. The number of rotatable bonds is 5. The Balaban J connectivity index is 1.36. The van der Waals surface area contributed by atoms with Gasteiger partial charge in [-0.15, -0.1) is 0 Å². The minimum absolute atomic E-state index is 0.894. The van der Waals surface area contributed by atoms with E-state index in [-0.39, 0.29) is 0 Å². The first-order valence-corrected chi connectivity index (χ1v) is 10.3. The molecule has 5 aromatic rings. The van der Waals surface area contributed by atoms with Crippen molar-refractivity contribution in [3.05, 3.63) is 120 Å². The molecule has 4 aromatic carbocycles. The second-order valence-electron chi connectivity index (χ2n) is 7.47. The van der Waals surface area contributed by atoms with Crippen molar-refractivity contribution >= 4 is 33.7 Å². The molecule has 1 aromatic heterocycles. The van der Waals surface area contributed by atoms with E-state index in [0.29, 0.717) is 0 Å². The molecule has 30 heavy (non-hydrogen) atoms. The first-order chi connectivity index (χ1) is 14.9. The van der Waals surface area contributed by atoms with Crippen LogP contribution in [0.2, 0.25) is 0 Å². The van der Waals surface area contributed by atoms with E-state index in [1.54, 1.807) is 6.33 Å². The van der Waals surface area contributed by atoms with Crippen molar-refractivity contribution in [3.8, 4) is 0 Å². The predicted octanol–water partition coefficient (Wildman–Crippen LogP) is 6.74. The largest absolute Gasteiger partial charge is 0.241 e. The van der Waals surface area contributed by atoms with E-state index in [1.807, 2.05) is 0 Å². The van der Waals surface area contributed by atoms with Gasteiger partial charge in [-0.05, 0) is 57.7 Å². The lowest BCUT2D eigenvalue weighted by molar-refractivity contribution is 0.903. The van der Waals surface area contributed by atoms with E-state index in [0.717, 1.165) is 24.2 Å². The number of nitrogens with zero attached hydrogens (tertiary/aromatic N) is 2. The standard InChI is InChI=1S/C28H22N2/c1-3-13-27-21(7-1)9-5-11-23(27)15-17-25-19-26(30-20-29-25)18-16-24-12-6-10-22-8-2-4-14-28(22)24/h1-15,17,19-20H,16,18H2. The van der Waals surface area contributed by atoms with E-state index >= 15 is 0 Å². The summed E-state index contributed by atoms with van der Waals surface area (Å²) in [6, 6.07) is 32.0. The van der Waals surface area contributed by atoms with E-state index in [2.05, 4.69) is 113 Å². The van der Waals surface area contributed by atoms with Gasteiger partial charge in [-0.2, -0.15) is 0 Å². The molecule has 0 atom stereocenters. The van der Waals surface area contributed by atoms with Crippen LogP contribution in [0.1, 0.15) is 22.5 Å². The maximum Gasteiger partial charge on any atom is 0.116 e. The summed E-state index contributed by atoms with van der Waals surface area (Å²) in [6.07, 6.45) is 7.74. The van der Waals surface area contributed by atoms with Crippen molar-refractivity contribution in [1.82, 2.24) is 9.97 Å². The normalized spacial score (nSPS) is 11.5. The minimum Gasteiger partial charge on any atom is -0.241 e. The monoisotopic (exact) mass is 386 g/mol. The zero-order valence-electron chi connectivity index (χ0n) is 16.7. The van der Waals surface area contributed by atoms with Crippen molar-refractivity contribution in [2.45, 2.75) is 12.8 Å². The van der Waals surface area contributed by atoms with Gasteiger partial charge >= 0.3 is 0 Å². The molecule has 0 N–H and O–H groups in total. The van der Waals surface area contributed by atoms with Gasteiger partial charge in [0.15, 0.2) is 0 Å². The van der Waals surface area contributed by atoms with Gasteiger partial charge in [-0.1, -0.05) is 91.0 Å². The molecule has 5 rings (SSSR count).